The van der Waals surface area contributed by atoms with Crippen LogP contribution in [0.4, 0.5) is 5.13 Å². The number of aromatic nitrogens is 1. The summed E-state index contributed by atoms with van der Waals surface area (Å²) in [5.74, 6) is 0.425. The number of thiazole rings is 1. The predicted octanol–water partition coefficient (Wildman–Crippen LogP) is 4.57. The van der Waals surface area contributed by atoms with E-state index in [1.807, 2.05) is 18.2 Å². The summed E-state index contributed by atoms with van der Waals surface area (Å²) in [4.78, 5) is 20.5. The summed E-state index contributed by atoms with van der Waals surface area (Å²) < 4.78 is 39.7. The van der Waals surface area contributed by atoms with E-state index in [2.05, 4.69) is 0 Å². The highest BCUT2D eigenvalue weighted by atomic mass is 35.5. The van der Waals surface area contributed by atoms with Crippen LogP contribution >= 0.6 is 22.9 Å². The monoisotopic (exact) mass is 549 g/mol. The first-order valence-electron chi connectivity index (χ1n) is 12.0. The van der Waals surface area contributed by atoms with Crippen LogP contribution < -0.4 is 9.64 Å². The molecule has 0 N–H and O–H groups in total. The number of nitrogens with zero attached hydrogens (tertiary/aromatic N) is 3. The lowest BCUT2D eigenvalue weighted by atomic mass is 9.96. The Morgan fingerprint density at radius 3 is 2.61 bits per heavy atom. The molecule has 0 bridgehead atoms. The van der Waals surface area contributed by atoms with Crippen molar-refractivity contribution in [3.8, 4) is 5.75 Å². The number of sulfonamides is 1. The molecule has 0 saturated carbocycles. The van der Waals surface area contributed by atoms with Crippen molar-refractivity contribution in [3.05, 3.63) is 47.5 Å². The van der Waals surface area contributed by atoms with E-state index >= 15 is 0 Å². The van der Waals surface area contributed by atoms with Gasteiger partial charge in [0.15, 0.2) is 5.13 Å². The molecule has 8 nitrogen and oxygen atoms in total. The number of rotatable bonds is 7. The number of hydrogen-bond donors (Lipinski definition) is 0. The van der Waals surface area contributed by atoms with Crippen LogP contribution in [0.25, 0.3) is 10.2 Å². The molecule has 1 amide bonds. The maximum atomic E-state index is 13.8. The highest BCUT2D eigenvalue weighted by Crippen LogP contribution is 2.34. The van der Waals surface area contributed by atoms with E-state index in [1.165, 1.54) is 27.8 Å². The lowest BCUT2D eigenvalue weighted by Gasteiger charge is -2.33. The van der Waals surface area contributed by atoms with Crippen molar-refractivity contribution in [2.75, 3.05) is 38.3 Å². The second kappa shape index (κ2) is 10.6. The Labute approximate surface area is 219 Å². The molecule has 0 spiro atoms. The van der Waals surface area contributed by atoms with Crippen molar-refractivity contribution in [3.63, 3.8) is 0 Å². The van der Waals surface area contributed by atoms with Crippen molar-refractivity contribution in [1.82, 2.24) is 9.29 Å². The van der Waals surface area contributed by atoms with Crippen LogP contribution in [-0.4, -0.2) is 63.1 Å². The fraction of sp³-hybridized carbons (Fsp3) is 0.440. The van der Waals surface area contributed by atoms with Crippen molar-refractivity contribution >= 4 is 54.2 Å². The summed E-state index contributed by atoms with van der Waals surface area (Å²) >= 11 is 7.37. The van der Waals surface area contributed by atoms with Crippen molar-refractivity contribution < 1.29 is 22.7 Å². The highest BCUT2D eigenvalue weighted by molar-refractivity contribution is 7.89. The number of fused-ring (bicyclic) bond motifs is 1. The van der Waals surface area contributed by atoms with E-state index in [9.17, 15) is 13.2 Å². The number of methoxy groups -OCH3 is 1. The summed E-state index contributed by atoms with van der Waals surface area (Å²) in [5, 5.41) is 1.12. The first-order chi connectivity index (χ1) is 17.3. The van der Waals surface area contributed by atoms with Gasteiger partial charge in [0.1, 0.15) is 5.75 Å². The van der Waals surface area contributed by atoms with Gasteiger partial charge >= 0.3 is 0 Å². The van der Waals surface area contributed by atoms with Gasteiger partial charge in [-0.05, 0) is 68.1 Å². The van der Waals surface area contributed by atoms with Gasteiger partial charge in [0.2, 0.25) is 15.9 Å². The van der Waals surface area contributed by atoms with E-state index in [0.717, 1.165) is 28.8 Å². The molecule has 2 aliphatic heterocycles. The molecule has 0 radical (unpaired) electrons. The molecule has 2 saturated heterocycles. The van der Waals surface area contributed by atoms with E-state index in [4.69, 9.17) is 26.1 Å². The summed E-state index contributed by atoms with van der Waals surface area (Å²) in [6.45, 7) is 1.71. The van der Waals surface area contributed by atoms with Crippen LogP contribution in [0.5, 0.6) is 5.75 Å². The minimum Gasteiger partial charge on any atom is -0.497 e. The number of piperidine rings is 1. The molecule has 11 heteroatoms. The second-order valence-corrected chi connectivity index (χ2v) is 12.4. The smallest absolute Gasteiger partial charge is 0.243 e. The zero-order valence-electron chi connectivity index (χ0n) is 19.9. The number of ether oxygens (including phenoxy) is 2. The SMILES string of the molecule is COc1ccc2nc(N(CC3CCCO3)C(=O)C3CCN(S(=O)(=O)c4ccc(Cl)cc4)CC3)sc2c1. The standard InChI is InChI=1S/C25H28ClN3O5S2/c1-33-19-6-9-22-23(15-19)35-25(27-22)29(16-20-3-2-14-34-20)24(30)17-10-12-28(13-11-17)36(31,32)21-7-4-18(26)5-8-21/h4-9,15,17,20H,2-3,10-14,16H2,1H3. The number of hydrogen-bond acceptors (Lipinski definition) is 7. The normalized spacial score (nSPS) is 19.6. The Morgan fingerprint density at radius 1 is 1.19 bits per heavy atom. The summed E-state index contributed by atoms with van der Waals surface area (Å²) in [6.07, 6.45) is 2.75. The third kappa shape index (κ3) is 5.24. The number of carbonyl (C=O) groups is 1. The molecule has 1 aromatic heterocycles. The van der Waals surface area contributed by atoms with Crippen molar-refractivity contribution in [2.45, 2.75) is 36.7 Å². The molecule has 2 fully saturated rings. The van der Waals surface area contributed by atoms with Gasteiger partial charge in [-0.1, -0.05) is 22.9 Å². The van der Waals surface area contributed by atoms with Crippen LogP contribution in [0.3, 0.4) is 0 Å². The van der Waals surface area contributed by atoms with E-state index in [1.54, 1.807) is 24.1 Å². The lowest BCUT2D eigenvalue weighted by molar-refractivity contribution is -0.123. The van der Waals surface area contributed by atoms with Crippen molar-refractivity contribution in [1.29, 1.82) is 0 Å². The minimum atomic E-state index is -3.64. The molecule has 2 aliphatic rings. The Bertz CT molecular complexity index is 1330. The Hall–Kier alpha value is -2.24. The van der Waals surface area contributed by atoms with Crippen LogP contribution in [-0.2, 0) is 19.6 Å². The average molecular weight is 550 g/mol. The fourth-order valence-corrected chi connectivity index (χ4v) is 7.31. The molecular weight excluding hydrogens is 522 g/mol. The average Bonchev–Trinajstić information content (AvgIpc) is 3.56. The van der Waals surface area contributed by atoms with Gasteiger partial charge in [-0.15, -0.1) is 0 Å². The quantitative estimate of drug-likeness (QED) is 0.429. The first kappa shape index (κ1) is 25.4. The molecule has 1 atom stereocenters. The van der Waals surface area contributed by atoms with Gasteiger partial charge in [-0.3, -0.25) is 9.69 Å². The van der Waals surface area contributed by atoms with E-state index in [0.29, 0.717) is 36.1 Å². The number of carbonyl (C=O) groups excluding carboxylic acids is 1. The lowest BCUT2D eigenvalue weighted by Crippen LogP contribution is -2.46. The molecule has 3 aromatic rings. The number of amides is 1. The van der Waals surface area contributed by atoms with Crippen LogP contribution in [0, 0.1) is 5.92 Å². The molecule has 2 aromatic carbocycles. The Morgan fingerprint density at radius 2 is 1.94 bits per heavy atom. The first-order valence-corrected chi connectivity index (χ1v) is 14.6. The summed E-state index contributed by atoms with van der Waals surface area (Å²) in [6, 6.07) is 11.8. The second-order valence-electron chi connectivity index (χ2n) is 9.05. The summed E-state index contributed by atoms with van der Waals surface area (Å²) in [7, 11) is -2.01. The van der Waals surface area contributed by atoms with Crippen LogP contribution in [0.1, 0.15) is 25.7 Å². The van der Waals surface area contributed by atoms with Gasteiger partial charge in [0.25, 0.3) is 0 Å². The number of benzene rings is 2. The Balaban J connectivity index is 1.34. The Kier molecular flexibility index (Phi) is 7.50. The third-order valence-electron chi connectivity index (χ3n) is 6.75. The molecule has 5 rings (SSSR count). The highest BCUT2D eigenvalue weighted by Gasteiger charge is 2.36. The molecule has 0 aliphatic carbocycles. The van der Waals surface area contributed by atoms with Gasteiger partial charge in [0.05, 0.1) is 34.9 Å². The third-order valence-corrected chi connectivity index (χ3v) is 9.95. The topological polar surface area (TPSA) is 89.0 Å². The minimum absolute atomic E-state index is 0.0270. The maximum absolute atomic E-state index is 13.8. The molecule has 36 heavy (non-hydrogen) atoms. The van der Waals surface area contributed by atoms with E-state index in [-0.39, 0.29) is 35.9 Å². The maximum Gasteiger partial charge on any atom is 0.243 e. The van der Waals surface area contributed by atoms with Gasteiger partial charge in [-0.25, -0.2) is 13.4 Å². The number of anilines is 1. The zero-order chi connectivity index (χ0) is 25.3. The molecule has 1 unspecified atom stereocenters. The molecular formula is C25H28ClN3O5S2. The van der Waals surface area contributed by atoms with Gasteiger partial charge in [0, 0.05) is 30.6 Å². The number of halogens is 1. The largest absolute Gasteiger partial charge is 0.497 e. The zero-order valence-corrected chi connectivity index (χ0v) is 22.3. The van der Waals surface area contributed by atoms with Crippen LogP contribution in [0.2, 0.25) is 5.02 Å². The van der Waals surface area contributed by atoms with Crippen molar-refractivity contribution in [2.24, 2.45) is 5.92 Å². The van der Waals surface area contributed by atoms with Crippen LogP contribution in [0.15, 0.2) is 47.4 Å². The predicted molar refractivity (Wildman–Crippen MR) is 140 cm³/mol. The fourth-order valence-electron chi connectivity index (χ4n) is 4.71. The van der Waals surface area contributed by atoms with Gasteiger partial charge < -0.3 is 9.47 Å². The molecule has 192 valence electrons. The summed E-state index contributed by atoms with van der Waals surface area (Å²) in [5.41, 5.74) is 0.810. The molecule has 3 heterocycles. The van der Waals surface area contributed by atoms with E-state index < -0.39 is 10.0 Å². The van der Waals surface area contributed by atoms with Gasteiger partial charge in [-0.2, -0.15) is 4.31 Å².